The molecule has 1 atom stereocenters. The van der Waals surface area contributed by atoms with Crippen LogP contribution in [0.1, 0.15) is 43.8 Å². The van der Waals surface area contributed by atoms with Crippen LogP contribution < -0.4 is 9.47 Å². The lowest BCUT2D eigenvalue weighted by atomic mass is 9.71. The smallest absolute Gasteiger partial charge is 0.303 e. The zero-order valence-electron chi connectivity index (χ0n) is 21.1. The number of aromatic nitrogens is 1. The van der Waals surface area contributed by atoms with Gasteiger partial charge in [0.1, 0.15) is 35.6 Å². The highest BCUT2D eigenvalue weighted by atomic mass is 19.1. The number of hydrogen-bond acceptors (Lipinski definition) is 6. The maximum absolute atomic E-state index is 14.8. The molecule has 0 aliphatic carbocycles. The van der Waals surface area contributed by atoms with Crippen LogP contribution in [-0.4, -0.2) is 59.4 Å². The number of aliphatic hydroxyl groups is 1. The Kier molecular flexibility index (Phi) is 8.73. The molecule has 4 rings (SSSR count). The molecule has 7 nitrogen and oxygen atoms in total. The van der Waals surface area contributed by atoms with Crippen molar-refractivity contribution in [1.82, 2.24) is 9.88 Å². The van der Waals surface area contributed by atoms with Gasteiger partial charge in [0.2, 0.25) is 0 Å². The summed E-state index contributed by atoms with van der Waals surface area (Å²) < 4.78 is 52.2. The predicted molar refractivity (Wildman–Crippen MR) is 135 cm³/mol. The minimum atomic E-state index is -1.14. The topological polar surface area (TPSA) is 92.1 Å². The number of aliphatic carboxylic acids is 1. The minimum absolute atomic E-state index is 0.0555. The van der Waals surface area contributed by atoms with Crippen molar-refractivity contribution in [1.29, 1.82) is 0 Å². The van der Waals surface area contributed by atoms with Crippen molar-refractivity contribution in [3.8, 4) is 11.5 Å². The SMILES string of the molecule is COc1ccc2ncc(F)c(C(O)CCC3(CC(=O)O)CCN(CCOc4cc(F)cc(F)c4)CC3)c2c1. The molecule has 1 saturated heterocycles. The Morgan fingerprint density at radius 1 is 1.11 bits per heavy atom. The van der Waals surface area contributed by atoms with Gasteiger partial charge in [0.05, 0.1) is 31.3 Å². The predicted octanol–water partition coefficient (Wildman–Crippen LogP) is 5.11. The fraction of sp³-hybridized carbons (Fsp3) is 0.429. The van der Waals surface area contributed by atoms with E-state index in [1.165, 1.54) is 7.11 Å². The lowest BCUT2D eigenvalue weighted by Gasteiger charge is -2.41. The molecule has 3 aromatic rings. The minimum Gasteiger partial charge on any atom is -0.497 e. The van der Waals surface area contributed by atoms with Gasteiger partial charge < -0.3 is 19.7 Å². The molecule has 1 unspecified atom stereocenters. The second-order valence-corrected chi connectivity index (χ2v) is 9.82. The molecule has 0 amide bonds. The van der Waals surface area contributed by atoms with Crippen molar-refractivity contribution < 1.29 is 37.7 Å². The first-order chi connectivity index (χ1) is 18.2. The molecule has 10 heteroatoms. The molecule has 1 aliphatic heterocycles. The number of fused-ring (bicyclic) bond motifs is 1. The Hall–Kier alpha value is -3.37. The number of aliphatic hydroxyl groups excluding tert-OH is 1. The third kappa shape index (κ3) is 6.73. The first kappa shape index (κ1) is 27.7. The molecule has 2 heterocycles. The number of piperidine rings is 1. The molecule has 1 aliphatic rings. The van der Waals surface area contributed by atoms with E-state index in [0.717, 1.165) is 24.4 Å². The summed E-state index contributed by atoms with van der Waals surface area (Å²) in [5.41, 5.74) is 0.105. The summed E-state index contributed by atoms with van der Waals surface area (Å²) >= 11 is 0. The molecule has 2 N–H and O–H groups in total. The molecule has 2 aromatic carbocycles. The first-order valence-corrected chi connectivity index (χ1v) is 12.5. The summed E-state index contributed by atoms with van der Waals surface area (Å²) in [4.78, 5) is 17.9. The van der Waals surface area contributed by atoms with Gasteiger partial charge in [-0.3, -0.25) is 14.7 Å². The highest BCUT2D eigenvalue weighted by Crippen LogP contribution is 2.42. The third-order valence-corrected chi connectivity index (χ3v) is 7.30. The van der Waals surface area contributed by atoms with E-state index < -0.39 is 34.9 Å². The van der Waals surface area contributed by atoms with Gasteiger partial charge in [0, 0.05) is 35.7 Å². The zero-order chi connectivity index (χ0) is 27.3. The van der Waals surface area contributed by atoms with Crippen molar-refractivity contribution in [2.45, 2.75) is 38.2 Å². The molecule has 38 heavy (non-hydrogen) atoms. The third-order valence-electron chi connectivity index (χ3n) is 7.30. The number of carboxylic acids is 1. The number of ether oxygens (including phenoxy) is 2. The fourth-order valence-corrected chi connectivity index (χ4v) is 5.21. The molecular formula is C28H31F3N2O5. The van der Waals surface area contributed by atoms with Crippen LogP contribution in [0.15, 0.2) is 42.6 Å². The molecule has 1 fully saturated rings. The average molecular weight is 533 g/mol. The van der Waals surface area contributed by atoms with E-state index in [2.05, 4.69) is 9.88 Å². The number of benzene rings is 2. The standard InChI is InChI=1S/C28H31F3N2O5/c1-37-20-2-3-24-22(15-20)27(23(31)17-32-24)25(34)4-5-28(16-26(35)36)6-8-33(9-7-28)10-11-38-21-13-18(29)12-19(30)14-21/h2-3,12-15,17,25,34H,4-11,16H2,1H3,(H,35,36). The first-order valence-electron chi connectivity index (χ1n) is 12.5. The Balaban J connectivity index is 1.38. The number of pyridine rings is 1. The lowest BCUT2D eigenvalue weighted by Crippen LogP contribution is -2.42. The Labute approximate surface area is 218 Å². The lowest BCUT2D eigenvalue weighted by molar-refractivity contribution is -0.141. The molecular weight excluding hydrogens is 501 g/mol. The second kappa shape index (κ2) is 12.0. The van der Waals surface area contributed by atoms with Crippen molar-refractivity contribution in [3.63, 3.8) is 0 Å². The van der Waals surface area contributed by atoms with Crippen LogP contribution in [0.2, 0.25) is 0 Å². The van der Waals surface area contributed by atoms with Crippen molar-refractivity contribution >= 4 is 16.9 Å². The molecule has 1 aromatic heterocycles. The van der Waals surface area contributed by atoms with Gasteiger partial charge in [-0.2, -0.15) is 0 Å². The van der Waals surface area contributed by atoms with E-state index >= 15 is 0 Å². The quantitative estimate of drug-likeness (QED) is 0.355. The highest BCUT2D eigenvalue weighted by molar-refractivity contribution is 5.84. The van der Waals surface area contributed by atoms with E-state index in [1.807, 2.05) is 0 Å². The van der Waals surface area contributed by atoms with E-state index in [1.54, 1.807) is 18.2 Å². The van der Waals surface area contributed by atoms with Gasteiger partial charge >= 0.3 is 5.97 Å². The largest absolute Gasteiger partial charge is 0.497 e. The van der Waals surface area contributed by atoms with Crippen LogP contribution in [-0.2, 0) is 4.79 Å². The normalized spacial score (nSPS) is 16.3. The molecule has 204 valence electrons. The van der Waals surface area contributed by atoms with Crippen LogP contribution in [0, 0.1) is 22.9 Å². The zero-order valence-corrected chi connectivity index (χ0v) is 21.1. The summed E-state index contributed by atoms with van der Waals surface area (Å²) in [5.74, 6) is -2.34. The van der Waals surface area contributed by atoms with Crippen molar-refractivity contribution in [2.24, 2.45) is 5.41 Å². The monoisotopic (exact) mass is 532 g/mol. The summed E-state index contributed by atoms with van der Waals surface area (Å²) in [6, 6.07) is 8.05. The molecule has 0 radical (unpaired) electrons. The van der Waals surface area contributed by atoms with Crippen molar-refractivity contribution in [2.75, 3.05) is 33.4 Å². The van der Waals surface area contributed by atoms with Gasteiger partial charge in [-0.05, 0) is 62.4 Å². The number of hydrogen-bond donors (Lipinski definition) is 2. The van der Waals surface area contributed by atoms with Gasteiger partial charge in [0.15, 0.2) is 0 Å². The Morgan fingerprint density at radius 2 is 1.82 bits per heavy atom. The van der Waals surface area contributed by atoms with Gasteiger partial charge in [-0.15, -0.1) is 0 Å². The van der Waals surface area contributed by atoms with Gasteiger partial charge in [0.25, 0.3) is 0 Å². The molecule has 0 saturated carbocycles. The van der Waals surface area contributed by atoms with Crippen LogP contribution in [0.5, 0.6) is 11.5 Å². The van der Waals surface area contributed by atoms with Crippen LogP contribution in [0.3, 0.4) is 0 Å². The fourth-order valence-electron chi connectivity index (χ4n) is 5.21. The number of carbonyl (C=O) groups is 1. The van der Waals surface area contributed by atoms with E-state index in [4.69, 9.17) is 9.47 Å². The highest BCUT2D eigenvalue weighted by Gasteiger charge is 2.37. The van der Waals surface area contributed by atoms with Crippen molar-refractivity contribution in [3.05, 3.63) is 65.6 Å². The number of methoxy groups -OCH3 is 1. The Morgan fingerprint density at radius 3 is 2.47 bits per heavy atom. The summed E-state index contributed by atoms with van der Waals surface area (Å²) in [6.45, 7) is 1.95. The summed E-state index contributed by atoms with van der Waals surface area (Å²) in [7, 11) is 1.50. The second-order valence-electron chi connectivity index (χ2n) is 9.82. The number of likely N-dealkylation sites (tertiary alicyclic amines) is 1. The van der Waals surface area contributed by atoms with Gasteiger partial charge in [-0.25, -0.2) is 13.2 Å². The molecule has 0 spiro atoms. The van der Waals surface area contributed by atoms with Crippen LogP contribution in [0.25, 0.3) is 10.9 Å². The van der Waals surface area contributed by atoms with Crippen LogP contribution >= 0.6 is 0 Å². The maximum Gasteiger partial charge on any atom is 0.303 e. The Bertz CT molecular complexity index is 1260. The van der Waals surface area contributed by atoms with E-state index in [0.29, 0.717) is 55.5 Å². The van der Waals surface area contributed by atoms with Crippen LogP contribution in [0.4, 0.5) is 13.2 Å². The number of halogens is 3. The summed E-state index contributed by atoms with van der Waals surface area (Å²) in [5, 5.41) is 21.1. The van der Waals surface area contributed by atoms with E-state index in [-0.39, 0.29) is 30.8 Å². The number of nitrogens with zero attached hydrogens (tertiary/aromatic N) is 2. The average Bonchev–Trinajstić information content (AvgIpc) is 2.87. The summed E-state index contributed by atoms with van der Waals surface area (Å²) in [6.07, 6.45) is 1.63. The number of carboxylic acid groups (broad SMARTS) is 1. The van der Waals surface area contributed by atoms with E-state index in [9.17, 15) is 28.2 Å². The number of rotatable bonds is 11. The maximum atomic E-state index is 14.8. The van der Waals surface area contributed by atoms with Gasteiger partial charge in [-0.1, -0.05) is 0 Å². The molecule has 0 bridgehead atoms.